The van der Waals surface area contributed by atoms with Gasteiger partial charge in [0.2, 0.25) is 5.88 Å². The Kier molecular flexibility index (Phi) is 4.52. The fraction of sp³-hybridized carbons (Fsp3) is 0.556. The molecular formula is C9H15N3OS. The van der Waals surface area contributed by atoms with Crippen LogP contribution in [-0.4, -0.2) is 35.6 Å². The fourth-order valence-electron chi connectivity index (χ4n) is 1.02. The highest BCUT2D eigenvalue weighted by Gasteiger charge is 2.00. The summed E-state index contributed by atoms with van der Waals surface area (Å²) in [6, 6.07) is 1.80. The highest BCUT2D eigenvalue weighted by molar-refractivity contribution is 7.98. The van der Waals surface area contributed by atoms with Gasteiger partial charge in [0, 0.05) is 18.4 Å². The van der Waals surface area contributed by atoms with E-state index in [9.17, 15) is 0 Å². The van der Waals surface area contributed by atoms with Crippen molar-refractivity contribution >= 4 is 17.6 Å². The van der Waals surface area contributed by atoms with Crippen molar-refractivity contribution in [3.63, 3.8) is 0 Å². The van der Waals surface area contributed by atoms with E-state index in [1.54, 1.807) is 24.9 Å². The summed E-state index contributed by atoms with van der Waals surface area (Å²) in [7, 11) is 1.60. The molecule has 0 atom stereocenters. The normalized spacial score (nSPS) is 9.93. The van der Waals surface area contributed by atoms with Crippen LogP contribution in [0.25, 0.3) is 0 Å². The molecule has 1 heterocycles. The van der Waals surface area contributed by atoms with Gasteiger partial charge in [-0.1, -0.05) is 0 Å². The van der Waals surface area contributed by atoms with E-state index >= 15 is 0 Å². The van der Waals surface area contributed by atoms with Crippen LogP contribution in [0.5, 0.6) is 5.88 Å². The van der Waals surface area contributed by atoms with Crippen molar-refractivity contribution in [2.45, 2.75) is 6.92 Å². The second-order valence-electron chi connectivity index (χ2n) is 2.76. The van der Waals surface area contributed by atoms with Gasteiger partial charge in [-0.25, -0.2) is 4.98 Å². The third kappa shape index (κ3) is 3.41. The Morgan fingerprint density at radius 3 is 2.93 bits per heavy atom. The molecule has 0 saturated carbocycles. The van der Waals surface area contributed by atoms with Gasteiger partial charge in [-0.05, 0) is 13.2 Å². The molecule has 78 valence electrons. The molecule has 1 aromatic rings. The lowest BCUT2D eigenvalue weighted by molar-refractivity contribution is 0.396. The summed E-state index contributed by atoms with van der Waals surface area (Å²) in [5, 5.41) is 3.21. The summed E-state index contributed by atoms with van der Waals surface area (Å²) >= 11 is 1.80. The quantitative estimate of drug-likeness (QED) is 0.752. The zero-order valence-electron chi connectivity index (χ0n) is 8.70. The van der Waals surface area contributed by atoms with E-state index in [4.69, 9.17) is 4.74 Å². The van der Waals surface area contributed by atoms with E-state index in [0.29, 0.717) is 5.88 Å². The molecule has 0 saturated heterocycles. The van der Waals surface area contributed by atoms with Crippen LogP contribution in [0.4, 0.5) is 5.82 Å². The molecule has 0 spiro atoms. The fourth-order valence-corrected chi connectivity index (χ4v) is 1.32. The summed E-state index contributed by atoms with van der Waals surface area (Å²) < 4.78 is 5.05. The lowest BCUT2D eigenvalue weighted by Gasteiger charge is -2.06. The number of nitrogens with zero attached hydrogens (tertiary/aromatic N) is 2. The van der Waals surface area contributed by atoms with E-state index in [2.05, 4.69) is 21.5 Å². The largest absolute Gasteiger partial charge is 0.481 e. The molecule has 4 nitrogen and oxygen atoms in total. The lowest BCUT2D eigenvalue weighted by atomic mass is 10.5. The van der Waals surface area contributed by atoms with Crippen LogP contribution in [-0.2, 0) is 0 Å². The third-order valence-electron chi connectivity index (χ3n) is 1.64. The van der Waals surface area contributed by atoms with Crippen LogP contribution in [0.15, 0.2) is 6.07 Å². The molecule has 0 bridgehead atoms. The Labute approximate surface area is 88.5 Å². The first-order valence-electron chi connectivity index (χ1n) is 4.38. The van der Waals surface area contributed by atoms with Gasteiger partial charge in [-0.2, -0.15) is 16.7 Å². The van der Waals surface area contributed by atoms with Crippen molar-refractivity contribution in [3.05, 3.63) is 11.9 Å². The Morgan fingerprint density at radius 1 is 1.50 bits per heavy atom. The van der Waals surface area contributed by atoms with Crippen molar-refractivity contribution < 1.29 is 4.74 Å². The van der Waals surface area contributed by atoms with Gasteiger partial charge in [-0.3, -0.25) is 0 Å². The highest BCUT2D eigenvalue weighted by Crippen LogP contribution is 2.12. The topological polar surface area (TPSA) is 47.0 Å². The predicted molar refractivity (Wildman–Crippen MR) is 60.2 cm³/mol. The molecule has 14 heavy (non-hydrogen) atoms. The number of hydrogen-bond donors (Lipinski definition) is 1. The average Bonchev–Trinajstić information content (AvgIpc) is 2.17. The van der Waals surface area contributed by atoms with E-state index < -0.39 is 0 Å². The maximum atomic E-state index is 5.05. The molecule has 5 heteroatoms. The zero-order valence-corrected chi connectivity index (χ0v) is 9.52. The van der Waals surface area contributed by atoms with E-state index in [-0.39, 0.29) is 0 Å². The molecule has 0 fully saturated rings. The number of aromatic nitrogens is 2. The number of anilines is 1. The maximum Gasteiger partial charge on any atom is 0.218 e. The Bertz CT molecular complexity index is 293. The van der Waals surface area contributed by atoms with Crippen LogP contribution >= 0.6 is 11.8 Å². The number of nitrogens with one attached hydrogen (secondary N) is 1. The van der Waals surface area contributed by atoms with Crippen molar-refractivity contribution in [2.75, 3.05) is 31.0 Å². The summed E-state index contributed by atoms with van der Waals surface area (Å²) in [5.41, 5.74) is 0. The van der Waals surface area contributed by atoms with Gasteiger partial charge in [0.05, 0.1) is 7.11 Å². The molecule has 1 aromatic heterocycles. The molecule has 0 aliphatic carbocycles. The predicted octanol–water partition coefficient (Wildman–Crippen LogP) is 1.57. The van der Waals surface area contributed by atoms with Crippen LogP contribution in [0, 0.1) is 6.92 Å². The van der Waals surface area contributed by atoms with Gasteiger partial charge in [0.1, 0.15) is 11.6 Å². The minimum atomic E-state index is 0.601. The number of ether oxygens (including phenoxy) is 1. The first-order chi connectivity index (χ1) is 6.76. The van der Waals surface area contributed by atoms with Crippen LogP contribution in [0.3, 0.4) is 0 Å². The monoisotopic (exact) mass is 213 g/mol. The Balaban J connectivity index is 2.62. The second kappa shape index (κ2) is 5.70. The van der Waals surface area contributed by atoms with Crippen molar-refractivity contribution in [3.8, 4) is 5.88 Å². The van der Waals surface area contributed by atoms with Crippen LogP contribution in [0.1, 0.15) is 5.82 Å². The number of hydrogen-bond acceptors (Lipinski definition) is 5. The van der Waals surface area contributed by atoms with Gasteiger partial charge in [0.15, 0.2) is 0 Å². The van der Waals surface area contributed by atoms with Gasteiger partial charge < -0.3 is 10.1 Å². The highest BCUT2D eigenvalue weighted by atomic mass is 32.2. The van der Waals surface area contributed by atoms with Crippen molar-refractivity contribution in [1.82, 2.24) is 9.97 Å². The summed E-state index contributed by atoms with van der Waals surface area (Å²) in [6.07, 6.45) is 2.08. The summed E-state index contributed by atoms with van der Waals surface area (Å²) in [5.74, 6) is 3.20. The number of methoxy groups -OCH3 is 1. The van der Waals surface area contributed by atoms with E-state index in [1.807, 2.05) is 6.92 Å². The standard InChI is InChI=1S/C9H15N3OS/c1-7-11-8(10-4-5-14-3)6-9(12-7)13-2/h6H,4-5H2,1-3H3,(H,10,11,12). The average molecular weight is 213 g/mol. The molecule has 0 aliphatic heterocycles. The number of rotatable bonds is 5. The summed E-state index contributed by atoms with van der Waals surface area (Å²) in [4.78, 5) is 8.34. The molecule has 1 N–H and O–H groups in total. The molecule has 0 aromatic carbocycles. The molecule has 0 unspecified atom stereocenters. The molecule has 0 amide bonds. The summed E-state index contributed by atoms with van der Waals surface area (Å²) in [6.45, 7) is 2.75. The lowest BCUT2D eigenvalue weighted by Crippen LogP contribution is -2.07. The smallest absolute Gasteiger partial charge is 0.218 e. The van der Waals surface area contributed by atoms with Crippen LogP contribution in [0.2, 0.25) is 0 Å². The van der Waals surface area contributed by atoms with Crippen molar-refractivity contribution in [2.24, 2.45) is 0 Å². The number of thioether (sulfide) groups is 1. The maximum absolute atomic E-state index is 5.05. The SMILES string of the molecule is COc1cc(NCCSC)nc(C)n1. The van der Waals surface area contributed by atoms with E-state index in [1.165, 1.54) is 0 Å². The first-order valence-corrected chi connectivity index (χ1v) is 5.78. The van der Waals surface area contributed by atoms with Gasteiger partial charge >= 0.3 is 0 Å². The zero-order chi connectivity index (χ0) is 10.4. The van der Waals surface area contributed by atoms with Gasteiger partial charge in [0.25, 0.3) is 0 Å². The van der Waals surface area contributed by atoms with Crippen molar-refractivity contribution in [1.29, 1.82) is 0 Å². The van der Waals surface area contributed by atoms with Crippen LogP contribution < -0.4 is 10.1 Å². The second-order valence-corrected chi connectivity index (χ2v) is 3.75. The Hall–Kier alpha value is -0.970. The minimum Gasteiger partial charge on any atom is -0.481 e. The first kappa shape index (κ1) is 11.1. The number of aryl methyl sites for hydroxylation is 1. The van der Waals surface area contributed by atoms with Gasteiger partial charge in [-0.15, -0.1) is 0 Å². The van der Waals surface area contributed by atoms with E-state index in [0.717, 1.165) is 23.9 Å². The Morgan fingerprint density at radius 2 is 2.29 bits per heavy atom. The third-order valence-corrected chi connectivity index (χ3v) is 2.25. The molecular weight excluding hydrogens is 198 g/mol. The molecule has 0 aliphatic rings. The minimum absolute atomic E-state index is 0.601. The molecule has 1 rings (SSSR count). The molecule has 0 radical (unpaired) electrons.